The number of aromatic nitrogens is 5. The summed E-state index contributed by atoms with van der Waals surface area (Å²) in [5.41, 5.74) is 0.712. The van der Waals surface area contributed by atoms with Crippen LogP contribution in [0, 0.1) is 0 Å². The van der Waals surface area contributed by atoms with E-state index in [4.69, 9.17) is 11.6 Å². The van der Waals surface area contributed by atoms with E-state index in [1.54, 1.807) is 27.8 Å². The molecular formula is C14H14ClN5O. The largest absolute Gasteiger partial charge is 0.347 e. The molecule has 0 N–H and O–H groups in total. The molecule has 21 heavy (non-hydrogen) atoms. The van der Waals surface area contributed by atoms with E-state index in [2.05, 4.69) is 15.1 Å². The highest BCUT2D eigenvalue weighted by Gasteiger charge is 2.70. The fourth-order valence-corrected chi connectivity index (χ4v) is 4.95. The highest BCUT2D eigenvalue weighted by molar-refractivity contribution is 6.26. The third kappa shape index (κ3) is 1.38. The molecule has 4 aliphatic rings. The lowest BCUT2D eigenvalue weighted by Crippen LogP contribution is -2.71. The first-order chi connectivity index (χ1) is 10.1. The molecule has 2 bridgehead atoms. The number of fused-ring (bicyclic) bond motifs is 1. The quantitative estimate of drug-likeness (QED) is 0.783. The molecule has 3 aliphatic carbocycles. The van der Waals surface area contributed by atoms with Crippen molar-refractivity contribution in [3.8, 4) is 0 Å². The molecule has 0 amide bonds. The van der Waals surface area contributed by atoms with Crippen LogP contribution in [0.5, 0.6) is 0 Å². The summed E-state index contributed by atoms with van der Waals surface area (Å²) < 4.78 is 3.49. The summed E-state index contributed by atoms with van der Waals surface area (Å²) >= 11 is 6.31. The molecular weight excluding hydrogens is 290 g/mol. The first-order valence-corrected chi connectivity index (χ1v) is 7.64. The molecule has 3 heterocycles. The van der Waals surface area contributed by atoms with E-state index in [1.165, 1.54) is 0 Å². The van der Waals surface area contributed by atoms with Crippen LogP contribution >= 0.6 is 11.6 Å². The lowest BCUT2D eigenvalue weighted by atomic mass is 9.49. The van der Waals surface area contributed by atoms with E-state index in [1.807, 2.05) is 0 Å². The van der Waals surface area contributed by atoms with Crippen molar-refractivity contribution in [1.82, 2.24) is 24.3 Å². The van der Waals surface area contributed by atoms with Gasteiger partial charge in [-0.1, -0.05) is 0 Å². The monoisotopic (exact) mass is 303 g/mol. The van der Waals surface area contributed by atoms with Crippen LogP contribution in [0.1, 0.15) is 43.2 Å². The summed E-state index contributed by atoms with van der Waals surface area (Å²) in [5, 5.41) is 4.59. The highest BCUT2D eigenvalue weighted by atomic mass is 35.5. The number of hydrogen-bond acceptors (Lipinski definition) is 4. The molecule has 108 valence electrons. The molecule has 2 aromatic heterocycles. The summed E-state index contributed by atoms with van der Waals surface area (Å²) in [5.74, 6) is 0.865. The molecule has 1 aliphatic heterocycles. The van der Waals surface area contributed by atoms with Crippen molar-refractivity contribution >= 4 is 11.6 Å². The first kappa shape index (κ1) is 11.9. The molecule has 3 fully saturated rings. The van der Waals surface area contributed by atoms with Gasteiger partial charge in [0.1, 0.15) is 5.82 Å². The molecule has 2 aromatic rings. The molecule has 0 saturated heterocycles. The summed E-state index contributed by atoms with van der Waals surface area (Å²) in [6.07, 6.45) is 9.33. The van der Waals surface area contributed by atoms with Crippen molar-refractivity contribution in [2.75, 3.05) is 0 Å². The summed E-state index contributed by atoms with van der Waals surface area (Å²) in [6, 6.07) is -0.0349. The highest BCUT2D eigenvalue weighted by Crippen LogP contribution is 2.68. The minimum Gasteiger partial charge on any atom is -0.270 e. The van der Waals surface area contributed by atoms with Crippen LogP contribution in [0.4, 0.5) is 0 Å². The maximum Gasteiger partial charge on any atom is 0.347 e. The van der Waals surface area contributed by atoms with Crippen LogP contribution in [-0.2, 0) is 12.0 Å². The predicted molar refractivity (Wildman–Crippen MR) is 75.4 cm³/mol. The summed E-state index contributed by atoms with van der Waals surface area (Å²) in [6.45, 7) is 0. The standard InChI is InChI=1S/C14H14ClN5O/c15-13-6-14(7-13,8-13)20-12(21)19-10(1-2-11(19)18-20)9-5-16-3-4-17-9/h3-5,10H,1-2,6-8H2. The van der Waals surface area contributed by atoms with Gasteiger partial charge in [0, 0.05) is 18.8 Å². The number of rotatable bonds is 2. The number of nitrogens with zero attached hydrogens (tertiary/aromatic N) is 5. The van der Waals surface area contributed by atoms with Crippen molar-refractivity contribution in [3.05, 3.63) is 40.6 Å². The van der Waals surface area contributed by atoms with Gasteiger partial charge in [-0.25, -0.2) is 9.48 Å². The van der Waals surface area contributed by atoms with Gasteiger partial charge in [-0.15, -0.1) is 11.6 Å². The Kier molecular flexibility index (Phi) is 2.01. The average molecular weight is 304 g/mol. The van der Waals surface area contributed by atoms with E-state index in [0.29, 0.717) is 0 Å². The van der Waals surface area contributed by atoms with Gasteiger partial charge < -0.3 is 0 Å². The van der Waals surface area contributed by atoms with Gasteiger partial charge >= 0.3 is 5.69 Å². The second-order valence-electron chi connectivity index (χ2n) is 6.57. The van der Waals surface area contributed by atoms with Gasteiger partial charge in [0.05, 0.1) is 28.3 Å². The second kappa shape index (κ2) is 3.55. The summed E-state index contributed by atoms with van der Waals surface area (Å²) in [7, 11) is 0. The Bertz CT molecular complexity index is 776. The second-order valence-corrected chi connectivity index (χ2v) is 7.37. The lowest BCUT2D eigenvalue weighted by Gasteiger charge is -2.66. The van der Waals surface area contributed by atoms with Gasteiger partial charge in [-0.3, -0.25) is 14.5 Å². The predicted octanol–water partition coefficient (Wildman–Crippen LogP) is 1.24. The van der Waals surface area contributed by atoms with Crippen LogP contribution in [-0.4, -0.2) is 29.2 Å². The maximum absolute atomic E-state index is 12.8. The van der Waals surface area contributed by atoms with Crippen LogP contribution < -0.4 is 5.69 Å². The molecule has 1 unspecified atom stereocenters. The van der Waals surface area contributed by atoms with E-state index >= 15 is 0 Å². The maximum atomic E-state index is 12.8. The molecule has 6 nitrogen and oxygen atoms in total. The molecule has 7 heteroatoms. The zero-order valence-electron chi connectivity index (χ0n) is 11.4. The fraction of sp³-hybridized carbons (Fsp3) is 0.571. The smallest absolute Gasteiger partial charge is 0.270 e. The van der Waals surface area contributed by atoms with Crippen molar-refractivity contribution in [3.63, 3.8) is 0 Å². The minimum absolute atomic E-state index is 0.0171. The Hall–Kier alpha value is -1.69. The normalized spacial score (nSPS) is 36.0. The lowest BCUT2D eigenvalue weighted by molar-refractivity contribution is -0.0769. The Balaban J connectivity index is 1.59. The number of alkyl halides is 1. The Morgan fingerprint density at radius 3 is 2.76 bits per heavy atom. The third-order valence-electron chi connectivity index (χ3n) is 5.15. The first-order valence-electron chi connectivity index (χ1n) is 7.26. The van der Waals surface area contributed by atoms with Gasteiger partial charge in [0.2, 0.25) is 0 Å². The van der Waals surface area contributed by atoms with Crippen molar-refractivity contribution in [2.24, 2.45) is 0 Å². The summed E-state index contributed by atoms with van der Waals surface area (Å²) in [4.78, 5) is 21.2. The van der Waals surface area contributed by atoms with Crippen molar-refractivity contribution in [2.45, 2.75) is 48.6 Å². The van der Waals surface area contributed by atoms with Gasteiger partial charge in [-0.2, -0.15) is 5.10 Å². The van der Waals surface area contributed by atoms with E-state index < -0.39 is 0 Å². The van der Waals surface area contributed by atoms with Gasteiger partial charge in [0.25, 0.3) is 0 Å². The number of hydrogen-bond donors (Lipinski definition) is 0. The van der Waals surface area contributed by atoms with Gasteiger partial charge in [-0.05, 0) is 25.7 Å². The number of halogens is 1. The fourth-order valence-electron chi connectivity index (χ4n) is 4.21. The zero-order chi connectivity index (χ0) is 14.2. The van der Waals surface area contributed by atoms with E-state index in [0.717, 1.165) is 43.6 Å². The molecule has 3 saturated carbocycles. The Morgan fingerprint density at radius 2 is 2.10 bits per heavy atom. The zero-order valence-corrected chi connectivity index (χ0v) is 12.1. The van der Waals surface area contributed by atoms with Gasteiger partial charge in [0.15, 0.2) is 0 Å². The van der Waals surface area contributed by atoms with Crippen LogP contribution in [0.25, 0.3) is 0 Å². The average Bonchev–Trinajstić information content (AvgIpc) is 2.96. The van der Waals surface area contributed by atoms with Crippen molar-refractivity contribution in [1.29, 1.82) is 0 Å². The van der Waals surface area contributed by atoms with E-state index in [-0.39, 0.29) is 22.1 Å². The third-order valence-corrected chi connectivity index (χ3v) is 5.55. The van der Waals surface area contributed by atoms with Crippen LogP contribution in [0.15, 0.2) is 23.4 Å². The minimum atomic E-state index is -0.108. The SMILES string of the molecule is O=c1n(C23CC(Cl)(C2)C3)nc2n1C(c1cnccn1)CC2. The van der Waals surface area contributed by atoms with Crippen molar-refractivity contribution < 1.29 is 0 Å². The van der Waals surface area contributed by atoms with E-state index in [9.17, 15) is 4.79 Å². The molecule has 0 radical (unpaired) electrons. The molecule has 0 aromatic carbocycles. The molecule has 0 spiro atoms. The Morgan fingerprint density at radius 1 is 1.29 bits per heavy atom. The number of aryl methyl sites for hydroxylation is 1. The van der Waals surface area contributed by atoms with Crippen LogP contribution in [0.3, 0.4) is 0 Å². The molecule has 1 atom stereocenters. The van der Waals surface area contributed by atoms with Crippen LogP contribution in [0.2, 0.25) is 0 Å². The molecule has 6 rings (SSSR count). The Labute approximate surface area is 125 Å². The topological polar surface area (TPSA) is 65.6 Å².